The molecular weight excluding hydrogens is 400 g/mol. The number of carboxylic acid groups (broad SMARTS) is 1. The number of carboxylic acids is 1. The number of benzene rings is 2. The van der Waals surface area contributed by atoms with Crippen molar-refractivity contribution in [3.8, 4) is 22.4 Å². The normalized spacial score (nSPS) is 10.8. The maximum absolute atomic E-state index is 11.1. The van der Waals surface area contributed by atoms with Crippen molar-refractivity contribution in [2.24, 2.45) is 0 Å². The molecule has 2 aromatic heterocycles. The number of hydrogen-bond donors (Lipinski definition) is 1. The summed E-state index contributed by atoms with van der Waals surface area (Å²) in [5.41, 5.74) is 4.29. The van der Waals surface area contributed by atoms with E-state index < -0.39 is 5.97 Å². The van der Waals surface area contributed by atoms with Crippen LogP contribution in [0.5, 0.6) is 0 Å². The summed E-state index contributed by atoms with van der Waals surface area (Å²) in [6, 6.07) is 22.7. The summed E-state index contributed by atoms with van der Waals surface area (Å²) in [7, 11) is 0. The minimum Gasteiger partial charge on any atom is -0.481 e. The van der Waals surface area contributed by atoms with Crippen molar-refractivity contribution in [2.45, 2.75) is 13.0 Å². The molecule has 1 N–H and O–H groups in total. The summed E-state index contributed by atoms with van der Waals surface area (Å²) in [4.78, 5) is 19.2. The predicted molar refractivity (Wildman–Crippen MR) is 121 cm³/mol. The number of nitrogens with zero attached hydrogens (tertiary/aromatic N) is 2. The third-order valence-electron chi connectivity index (χ3n) is 4.55. The summed E-state index contributed by atoms with van der Waals surface area (Å²) >= 11 is 3.22. The van der Waals surface area contributed by atoms with Gasteiger partial charge in [-0.3, -0.25) is 4.79 Å². The molecule has 0 saturated heterocycles. The molecule has 0 aliphatic rings. The minimum absolute atomic E-state index is 0.0871. The van der Waals surface area contributed by atoms with Crippen molar-refractivity contribution in [3.05, 3.63) is 82.4 Å². The zero-order valence-electron chi connectivity index (χ0n) is 15.7. The molecule has 0 unspecified atom stereocenters. The first kappa shape index (κ1) is 19.4. The zero-order chi connectivity index (χ0) is 20.1. The highest BCUT2D eigenvalue weighted by atomic mass is 32.1. The fourth-order valence-electron chi connectivity index (χ4n) is 3.09. The molecular formula is C23H20N2O2S2. The number of thiophene rings is 1. The fourth-order valence-corrected chi connectivity index (χ4v) is 4.68. The smallest absolute Gasteiger partial charge is 0.305 e. The molecule has 4 rings (SSSR count). The number of thiazole rings is 1. The van der Waals surface area contributed by atoms with Crippen LogP contribution in [0, 0.1) is 0 Å². The largest absolute Gasteiger partial charge is 0.481 e. The first-order valence-corrected chi connectivity index (χ1v) is 11.1. The number of carbonyl (C=O) groups is 1. The Labute approximate surface area is 177 Å². The van der Waals surface area contributed by atoms with Gasteiger partial charge in [0.05, 0.1) is 18.7 Å². The molecule has 6 heteroatoms. The topological polar surface area (TPSA) is 53.4 Å². The summed E-state index contributed by atoms with van der Waals surface area (Å²) in [5, 5.41) is 14.0. The lowest BCUT2D eigenvalue weighted by atomic mass is 10.0. The fraction of sp³-hybridized carbons (Fsp3) is 0.130. The van der Waals surface area contributed by atoms with Crippen molar-refractivity contribution >= 4 is 33.8 Å². The van der Waals surface area contributed by atoms with Crippen molar-refractivity contribution in [3.63, 3.8) is 0 Å². The molecule has 0 saturated carbocycles. The average molecular weight is 421 g/mol. The van der Waals surface area contributed by atoms with Crippen molar-refractivity contribution < 1.29 is 9.90 Å². The second kappa shape index (κ2) is 9.03. The number of hydrogen-bond acceptors (Lipinski definition) is 5. The van der Waals surface area contributed by atoms with Crippen LogP contribution in [0.1, 0.15) is 11.3 Å². The quantitative estimate of drug-likeness (QED) is 0.379. The highest BCUT2D eigenvalue weighted by molar-refractivity contribution is 7.14. The first-order chi connectivity index (χ1) is 14.2. The van der Waals surface area contributed by atoms with Crippen molar-refractivity contribution in [1.29, 1.82) is 0 Å². The van der Waals surface area contributed by atoms with E-state index in [0.717, 1.165) is 22.0 Å². The van der Waals surface area contributed by atoms with E-state index in [1.165, 1.54) is 10.4 Å². The van der Waals surface area contributed by atoms with Crippen LogP contribution >= 0.6 is 22.7 Å². The first-order valence-electron chi connectivity index (χ1n) is 9.29. The average Bonchev–Trinajstić information content (AvgIpc) is 3.44. The molecule has 0 bridgehead atoms. The Morgan fingerprint density at radius 2 is 1.72 bits per heavy atom. The van der Waals surface area contributed by atoms with Crippen LogP contribution in [-0.2, 0) is 11.3 Å². The van der Waals surface area contributed by atoms with Gasteiger partial charge in [-0.15, -0.1) is 22.7 Å². The summed E-state index contributed by atoms with van der Waals surface area (Å²) in [5.74, 6) is -0.798. The lowest BCUT2D eigenvalue weighted by Gasteiger charge is -2.20. The Morgan fingerprint density at radius 1 is 0.931 bits per heavy atom. The molecule has 0 fully saturated rings. The van der Waals surface area contributed by atoms with E-state index in [4.69, 9.17) is 10.1 Å². The number of anilines is 1. The second-order valence-corrected chi connectivity index (χ2v) is 8.48. The molecule has 0 atom stereocenters. The molecule has 0 radical (unpaired) electrons. The molecule has 0 aliphatic carbocycles. The molecule has 2 aromatic carbocycles. The molecule has 0 aliphatic heterocycles. The third kappa shape index (κ3) is 4.91. The van der Waals surface area contributed by atoms with Crippen LogP contribution in [0.4, 0.5) is 5.13 Å². The van der Waals surface area contributed by atoms with E-state index in [1.54, 1.807) is 22.7 Å². The standard InChI is InChI=1S/C23H20N2O2S2/c26-22(27)11-12-25(15-20-10-5-13-28-20)23-24-21(16-29-23)19-9-4-8-18(14-19)17-6-2-1-3-7-17/h1-10,13-14,16H,11-12,15H2,(H,26,27). The summed E-state index contributed by atoms with van der Waals surface area (Å²) < 4.78 is 0. The van der Waals surface area contributed by atoms with Crippen LogP contribution in [-0.4, -0.2) is 22.6 Å². The molecule has 29 heavy (non-hydrogen) atoms. The van der Waals surface area contributed by atoms with Gasteiger partial charge in [-0.05, 0) is 28.6 Å². The van der Waals surface area contributed by atoms with E-state index in [1.807, 2.05) is 41.1 Å². The van der Waals surface area contributed by atoms with E-state index in [-0.39, 0.29) is 6.42 Å². The van der Waals surface area contributed by atoms with Gasteiger partial charge in [-0.25, -0.2) is 4.98 Å². The Balaban J connectivity index is 1.59. The molecule has 0 spiro atoms. The Hall–Kier alpha value is -2.96. The lowest BCUT2D eigenvalue weighted by Crippen LogP contribution is -2.25. The van der Waals surface area contributed by atoms with E-state index in [0.29, 0.717) is 13.1 Å². The number of aliphatic carboxylic acids is 1. The SMILES string of the molecule is O=C(O)CCN(Cc1cccs1)c1nc(-c2cccc(-c3ccccc3)c2)cs1. The maximum atomic E-state index is 11.1. The molecule has 2 heterocycles. The van der Waals surface area contributed by atoms with E-state index in [2.05, 4.69) is 41.3 Å². The molecule has 146 valence electrons. The molecule has 0 amide bonds. The van der Waals surface area contributed by atoms with Crippen LogP contribution < -0.4 is 4.90 Å². The van der Waals surface area contributed by atoms with Gasteiger partial charge in [0.25, 0.3) is 0 Å². The highest BCUT2D eigenvalue weighted by Gasteiger charge is 2.15. The van der Waals surface area contributed by atoms with Crippen LogP contribution in [0.2, 0.25) is 0 Å². The summed E-state index contributed by atoms with van der Waals surface area (Å²) in [6.07, 6.45) is 0.0871. The zero-order valence-corrected chi connectivity index (χ0v) is 17.3. The van der Waals surface area contributed by atoms with E-state index in [9.17, 15) is 4.79 Å². The van der Waals surface area contributed by atoms with Crippen LogP contribution in [0.3, 0.4) is 0 Å². The van der Waals surface area contributed by atoms with Crippen LogP contribution in [0.15, 0.2) is 77.5 Å². The Kier molecular flexibility index (Phi) is 6.03. The third-order valence-corrected chi connectivity index (χ3v) is 6.31. The van der Waals surface area contributed by atoms with Crippen molar-refractivity contribution in [2.75, 3.05) is 11.4 Å². The van der Waals surface area contributed by atoms with Gasteiger partial charge in [-0.1, -0.05) is 54.6 Å². The van der Waals surface area contributed by atoms with Gasteiger partial charge in [0.2, 0.25) is 0 Å². The monoisotopic (exact) mass is 420 g/mol. The predicted octanol–water partition coefficient (Wildman–Crippen LogP) is 6.02. The molecule has 4 nitrogen and oxygen atoms in total. The van der Waals surface area contributed by atoms with Gasteiger partial charge >= 0.3 is 5.97 Å². The molecule has 4 aromatic rings. The van der Waals surface area contributed by atoms with Crippen LogP contribution in [0.25, 0.3) is 22.4 Å². The van der Waals surface area contributed by atoms with Gasteiger partial charge < -0.3 is 10.0 Å². The van der Waals surface area contributed by atoms with Gasteiger partial charge in [-0.2, -0.15) is 0 Å². The Morgan fingerprint density at radius 3 is 2.48 bits per heavy atom. The number of rotatable bonds is 8. The van der Waals surface area contributed by atoms with Gasteiger partial charge in [0, 0.05) is 22.4 Å². The summed E-state index contributed by atoms with van der Waals surface area (Å²) in [6.45, 7) is 1.10. The highest BCUT2D eigenvalue weighted by Crippen LogP contribution is 2.31. The van der Waals surface area contributed by atoms with Gasteiger partial charge in [0.1, 0.15) is 0 Å². The maximum Gasteiger partial charge on any atom is 0.305 e. The Bertz CT molecular complexity index is 1080. The lowest BCUT2D eigenvalue weighted by molar-refractivity contribution is -0.136. The minimum atomic E-state index is -0.798. The number of aromatic nitrogens is 1. The van der Waals surface area contributed by atoms with Crippen molar-refractivity contribution in [1.82, 2.24) is 4.98 Å². The van der Waals surface area contributed by atoms with E-state index >= 15 is 0 Å². The second-order valence-electron chi connectivity index (χ2n) is 6.61. The van der Waals surface area contributed by atoms with Gasteiger partial charge in [0.15, 0.2) is 5.13 Å².